The zero-order chi connectivity index (χ0) is 21.6. The molecule has 0 unspecified atom stereocenters. The fourth-order valence-electron chi connectivity index (χ4n) is 2.72. The molecule has 0 amide bonds. The van der Waals surface area contributed by atoms with Gasteiger partial charge in [0, 0.05) is 11.8 Å². The van der Waals surface area contributed by atoms with Crippen LogP contribution in [0.15, 0.2) is 24.7 Å². The number of esters is 1. The molecule has 0 radical (unpaired) electrons. The third kappa shape index (κ3) is 3.93. The van der Waals surface area contributed by atoms with Gasteiger partial charge in [0.1, 0.15) is 23.0 Å². The molecule has 3 aromatic heterocycles. The summed E-state index contributed by atoms with van der Waals surface area (Å²) in [7, 11) is 1.32. The molecule has 29 heavy (non-hydrogen) atoms. The van der Waals surface area contributed by atoms with Gasteiger partial charge in [0.2, 0.25) is 5.88 Å². The van der Waals surface area contributed by atoms with Gasteiger partial charge in [0.25, 0.3) is 0 Å². The van der Waals surface area contributed by atoms with Crippen LogP contribution in [-0.4, -0.2) is 38.3 Å². The van der Waals surface area contributed by atoms with Crippen LogP contribution < -0.4 is 10.5 Å². The summed E-state index contributed by atoms with van der Waals surface area (Å²) >= 11 is 0. The molecule has 2 N–H and O–H groups in total. The molecule has 0 aliphatic heterocycles. The molecule has 3 rings (SSSR count). The Balaban J connectivity index is 2.22. The van der Waals surface area contributed by atoms with E-state index in [1.54, 1.807) is 20.8 Å². The van der Waals surface area contributed by atoms with E-state index in [1.807, 2.05) is 0 Å². The number of nitrogens with two attached hydrogens (primary N) is 1. The molecule has 0 atom stereocenters. The Morgan fingerprint density at radius 2 is 1.86 bits per heavy atom. The van der Waals surface area contributed by atoms with Crippen molar-refractivity contribution in [3.8, 4) is 17.1 Å². The van der Waals surface area contributed by atoms with Crippen molar-refractivity contribution in [1.82, 2.24) is 19.6 Å². The van der Waals surface area contributed by atoms with Gasteiger partial charge < -0.3 is 15.2 Å². The van der Waals surface area contributed by atoms with Gasteiger partial charge in [-0.05, 0) is 32.9 Å². The maximum Gasteiger partial charge on any atom is 0.418 e. The van der Waals surface area contributed by atoms with Crippen molar-refractivity contribution >= 4 is 17.3 Å². The van der Waals surface area contributed by atoms with Gasteiger partial charge in [0.15, 0.2) is 5.82 Å². The van der Waals surface area contributed by atoms with Crippen LogP contribution in [0.5, 0.6) is 5.88 Å². The van der Waals surface area contributed by atoms with Crippen LogP contribution in [0.3, 0.4) is 0 Å². The topological polar surface area (TPSA) is 105 Å². The molecule has 0 aliphatic rings. The van der Waals surface area contributed by atoms with E-state index in [4.69, 9.17) is 15.2 Å². The summed E-state index contributed by atoms with van der Waals surface area (Å²) in [6.45, 7) is 5.06. The molecule has 0 bridgehead atoms. The van der Waals surface area contributed by atoms with E-state index in [9.17, 15) is 18.0 Å². The Bertz CT molecular complexity index is 1090. The molecule has 0 spiro atoms. The lowest BCUT2D eigenvalue weighted by Gasteiger charge is -2.20. The number of nitrogens with zero attached hydrogens (tertiary/aromatic N) is 4. The van der Waals surface area contributed by atoms with Crippen molar-refractivity contribution in [1.29, 1.82) is 0 Å². The first-order valence-electron chi connectivity index (χ1n) is 8.39. The van der Waals surface area contributed by atoms with Crippen molar-refractivity contribution in [2.24, 2.45) is 0 Å². The van der Waals surface area contributed by atoms with Crippen LogP contribution in [0.1, 0.15) is 36.7 Å². The summed E-state index contributed by atoms with van der Waals surface area (Å²) in [4.78, 5) is 20.2. The Kier molecular flexibility index (Phi) is 4.85. The number of nitrogen functional groups attached to an aromatic ring is 1. The van der Waals surface area contributed by atoms with Gasteiger partial charge in [-0.25, -0.2) is 19.3 Å². The van der Waals surface area contributed by atoms with Crippen molar-refractivity contribution < 1.29 is 27.4 Å². The van der Waals surface area contributed by atoms with E-state index in [0.29, 0.717) is 0 Å². The molecule has 11 heteroatoms. The van der Waals surface area contributed by atoms with Gasteiger partial charge in [0.05, 0.1) is 18.4 Å². The predicted octanol–water partition coefficient (Wildman–Crippen LogP) is 3.36. The molecular weight excluding hydrogens is 391 g/mol. The molecule has 3 heterocycles. The van der Waals surface area contributed by atoms with Crippen molar-refractivity contribution in [3.05, 3.63) is 35.8 Å². The predicted molar refractivity (Wildman–Crippen MR) is 97.4 cm³/mol. The first-order valence-corrected chi connectivity index (χ1v) is 8.39. The first kappa shape index (κ1) is 20.4. The molecule has 0 fully saturated rings. The fourth-order valence-corrected chi connectivity index (χ4v) is 2.72. The number of hydrogen-bond acceptors (Lipinski definition) is 7. The molecule has 3 aromatic rings. The highest BCUT2D eigenvalue weighted by Crippen LogP contribution is 2.39. The summed E-state index contributed by atoms with van der Waals surface area (Å²) in [5.74, 6) is -1.07. The Labute approximate surface area is 163 Å². The van der Waals surface area contributed by atoms with Crippen molar-refractivity contribution in [2.75, 3.05) is 12.8 Å². The summed E-state index contributed by atoms with van der Waals surface area (Å²) in [6.07, 6.45) is -2.37. The Morgan fingerprint density at radius 3 is 2.45 bits per heavy atom. The summed E-state index contributed by atoms with van der Waals surface area (Å²) in [5.41, 5.74) is 3.67. The SMILES string of the molecule is COc1ncc(-c2cc(C(F)(F)F)c3c(N)ncnn23)cc1C(=O)OC(C)(C)C. The molecule has 0 aliphatic carbocycles. The third-order valence-corrected chi connectivity index (χ3v) is 3.85. The molecule has 8 nitrogen and oxygen atoms in total. The molecule has 0 saturated heterocycles. The zero-order valence-electron chi connectivity index (χ0n) is 16.0. The largest absolute Gasteiger partial charge is 0.480 e. The number of rotatable bonds is 3. The van der Waals surface area contributed by atoms with Gasteiger partial charge in [-0.15, -0.1) is 0 Å². The average Bonchev–Trinajstić information content (AvgIpc) is 3.01. The number of aromatic nitrogens is 4. The number of carbonyl (C=O) groups excluding carboxylic acids is 1. The molecular formula is C18H18F3N5O3. The number of halogens is 3. The summed E-state index contributed by atoms with van der Waals surface area (Å²) in [6, 6.07) is 2.21. The minimum Gasteiger partial charge on any atom is -0.480 e. The second-order valence-electron chi connectivity index (χ2n) is 7.13. The number of pyridine rings is 1. The minimum absolute atomic E-state index is 0.0194. The second-order valence-corrected chi connectivity index (χ2v) is 7.13. The number of carbonyl (C=O) groups is 1. The fraction of sp³-hybridized carbons (Fsp3) is 0.333. The van der Waals surface area contributed by atoms with Gasteiger partial charge in [-0.3, -0.25) is 0 Å². The molecule has 0 saturated carbocycles. The van der Waals surface area contributed by atoms with E-state index >= 15 is 0 Å². The Morgan fingerprint density at radius 1 is 1.17 bits per heavy atom. The normalized spacial score (nSPS) is 12.2. The second kappa shape index (κ2) is 6.90. The number of methoxy groups -OCH3 is 1. The zero-order valence-corrected chi connectivity index (χ0v) is 16.0. The van der Waals surface area contributed by atoms with Gasteiger partial charge >= 0.3 is 12.1 Å². The number of alkyl halides is 3. The number of hydrogen-bond donors (Lipinski definition) is 1. The third-order valence-electron chi connectivity index (χ3n) is 3.85. The highest BCUT2D eigenvalue weighted by Gasteiger charge is 2.36. The summed E-state index contributed by atoms with van der Waals surface area (Å²) in [5, 5.41) is 3.88. The lowest BCUT2D eigenvalue weighted by atomic mass is 10.1. The van der Waals surface area contributed by atoms with Gasteiger partial charge in [-0.1, -0.05) is 0 Å². The van der Waals surface area contributed by atoms with E-state index in [-0.39, 0.29) is 34.0 Å². The quantitative estimate of drug-likeness (QED) is 0.662. The molecule has 154 valence electrons. The Hall–Kier alpha value is -3.37. The first-order chi connectivity index (χ1) is 13.4. The maximum absolute atomic E-state index is 13.5. The van der Waals surface area contributed by atoms with Crippen molar-refractivity contribution in [3.63, 3.8) is 0 Å². The van der Waals surface area contributed by atoms with Crippen LogP contribution in [0.2, 0.25) is 0 Å². The van der Waals surface area contributed by atoms with E-state index in [0.717, 1.165) is 16.9 Å². The van der Waals surface area contributed by atoms with Crippen molar-refractivity contribution in [2.45, 2.75) is 32.5 Å². The lowest BCUT2D eigenvalue weighted by molar-refractivity contribution is -0.136. The van der Waals surface area contributed by atoms with Gasteiger partial charge in [-0.2, -0.15) is 18.3 Å². The lowest BCUT2D eigenvalue weighted by Crippen LogP contribution is -2.24. The van der Waals surface area contributed by atoms with E-state index in [2.05, 4.69) is 15.1 Å². The standard InChI is InChI=1S/C18H18F3N5O3/c1-17(2,3)29-16(27)10-5-9(7-23-15(10)28-4)12-6-11(18(19,20)21)13-14(22)24-8-25-26(12)13/h5-8H,1-4H3,(H2,22,24,25). The average molecular weight is 409 g/mol. The number of fused-ring (bicyclic) bond motifs is 1. The molecule has 0 aromatic carbocycles. The smallest absolute Gasteiger partial charge is 0.418 e. The van der Waals surface area contributed by atoms with Crippen LogP contribution >= 0.6 is 0 Å². The van der Waals surface area contributed by atoms with E-state index < -0.39 is 23.3 Å². The van der Waals surface area contributed by atoms with Crippen LogP contribution in [-0.2, 0) is 10.9 Å². The van der Waals surface area contributed by atoms with Crippen LogP contribution in [0.4, 0.5) is 19.0 Å². The highest BCUT2D eigenvalue weighted by molar-refractivity contribution is 5.93. The number of anilines is 1. The monoisotopic (exact) mass is 409 g/mol. The van der Waals surface area contributed by atoms with Crippen LogP contribution in [0, 0.1) is 0 Å². The maximum atomic E-state index is 13.5. The van der Waals surface area contributed by atoms with E-state index in [1.165, 1.54) is 19.4 Å². The number of ether oxygens (including phenoxy) is 2. The minimum atomic E-state index is -4.68. The van der Waals surface area contributed by atoms with Crippen LogP contribution in [0.25, 0.3) is 16.8 Å². The highest BCUT2D eigenvalue weighted by atomic mass is 19.4. The summed E-state index contributed by atoms with van der Waals surface area (Å²) < 4.78 is 51.9.